The number of ketones is 1. The third kappa shape index (κ3) is 6.09. The van der Waals surface area contributed by atoms with Crippen molar-refractivity contribution >= 4 is 17.2 Å². The molecule has 5 heteroatoms. The number of carbonyl (C=O) groups is 1. The Morgan fingerprint density at radius 1 is 1.33 bits per heavy atom. The van der Waals surface area contributed by atoms with Crippen LogP contribution in [0, 0.1) is 11.8 Å². The van der Waals surface area contributed by atoms with Crippen LogP contribution in [0.2, 0.25) is 0 Å². The van der Waals surface area contributed by atoms with Crippen LogP contribution in [0.3, 0.4) is 0 Å². The highest BCUT2D eigenvalue weighted by Crippen LogP contribution is 2.29. The summed E-state index contributed by atoms with van der Waals surface area (Å²) in [6, 6.07) is 8.06. The molecule has 0 radical (unpaired) electrons. The maximum absolute atomic E-state index is 12.6. The van der Waals surface area contributed by atoms with Gasteiger partial charge < -0.3 is 16.2 Å². The number of aliphatic hydroxyl groups excluding tert-OH is 1. The zero-order valence-electron chi connectivity index (χ0n) is 16.7. The fourth-order valence-corrected chi connectivity index (χ4v) is 3.39. The van der Waals surface area contributed by atoms with E-state index in [1.165, 1.54) is 5.56 Å². The van der Waals surface area contributed by atoms with Crippen LogP contribution in [-0.2, 0) is 11.3 Å². The maximum Gasteiger partial charge on any atom is 0.166 e. The molecule has 148 valence electrons. The van der Waals surface area contributed by atoms with Crippen LogP contribution in [0.5, 0.6) is 0 Å². The van der Waals surface area contributed by atoms with E-state index in [2.05, 4.69) is 26.1 Å². The first-order valence-corrected chi connectivity index (χ1v) is 9.97. The van der Waals surface area contributed by atoms with Crippen molar-refractivity contribution in [3.05, 3.63) is 41.5 Å². The Kier molecular flexibility index (Phi) is 8.35. The first-order chi connectivity index (χ1) is 13.0. The summed E-state index contributed by atoms with van der Waals surface area (Å²) in [6.45, 7) is 8.43. The van der Waals surface area contributed by atoms with Crippen LogP contribution >= 0.6 is 0 Å². The Morgan fingerprint density at radius 2 is 2.04 bits per heavy atom. The van der Waals surface area contributed by atoms with Gasteiger partial charge in [0.2, 0.25) is 0 Å². The standard InChI is InChI=1S/C22H33N3O2/c1-4-5-20(19-12-18(15(2)3)21(26)13-22(19)27)25-17-8-6-16(7-9-17)14-24-11-10-23/h6-9,12,15,18,21,24,26H,4-5,10-11,13-14,23H2,1-3H3. The molecule has 1 aromatic rings. The van der Waals surface area contributed by atoms with Gasteiger partial charge >= 0.3 is 0 Å². The number of benzene rings is 1. The topological polar surface area (TPSA) is 87.7 Å². The predicted octanol–water partition coefficient (Wildman–Crippen LogP) is 3.14. The SMILES string of the molecule is CCCC(=Nc1ccc(CNCCN)cc1)C1=CC(C(C)C)C(O)CC1=O. The number of aliphatic hydroxyl groups is 1. The normalized spacial score (nSPS) is 20.9. The van der Waals surface area contributed by atoms with Gasteiger partial charge in [-0.3, -0.25) is 9.79 Å². The molecule has 0 aromatic heterocycles. The largest absolute Gasteiger partial charge is 0.392 e. The molecule has 0 saturated heterocycles. The van der Waals surface area contributed by atoms with Gasteiger partial charge in [0, 0.05) is 37.5 Å². The van der Waals surface area contributed by atoms with Crippen LogP contribution in [0.4, 0.5) is 5.69 Å². The third-order valence-electron chi connectivity index (χ3n) is 4.92. The smallest absolute Gasteiger partial charge is 0.166 e. The highest BCUT2D eigenvalue weighted by molar-refractivity contribution is 6.23. The number of hydrogen-bond donors (Lipinski definition) is 3. The van der Waals surface area contributed by atoms with Crippen LogP contribution in [0.15, 0.2) is 40.9 Å². The minimum atomic E-state index is -0.593. The van der Waals surface area contributed by atoms with Crippen molar-refractivity contribution in [2.24, 2.45) is 22.6 Å². The van der Waals surface area contributed by atoms with Gasteiger partial charge in [-0.05, 0) is 30.0 Å². The highest BCUT2D eigenvalue weighted by atomic mass is 16.3. The van der Waals surface area contributed by atoms with Gasteiger partial charge in [0.15, 0.2) is 5.78 Å². The van der Waals surface area contributed by atoms with E-state index in [9.17, 15) is 9.90 Å². The van der Waals surface area contributed by atoms with Gasteiger partial charge in [0.25, 0.3) is 0 Å². The molecule has 27 heavy (non-hydrogen) atoms. The molecule has 5 nitrogen and oxygen atoms in total. The number of nitrogens with two attached hydrogens (primary N) is 1. The first-order valence-electron chi connectivity index (χ1n) is 9.97. The van der Waals surface area contributed by atoms with Crippen LogP contribution in [-0.4, -0.2) is 35.8 Å². The molecule has 1 aliphatic rings. The van der Waals surface area contributed by atoms with E-state index in [4.69, 9.17) is 10.7 Å². The number of nitrogens with zero attached hydrogens (tertiary/aromatic N) is 1. The molecule has 0 saturated carbocycles. The summed E-state index contributed by atoms with van der Waals surface area (Å²) < 4.78 is 0. The van der Waals surface area contributed by atoms with E-state index in [0.717, 1.165) is 37.3 Å². The van der Waals surface area contributed by atoms with E-state index in [1.54, 1.807) is 0 Å². The van der Waals surface area contributed by atoms with E-state index in [1.807, 2.05) is 30.3 Å². The lowest BCUT2D eigenvalue weighted by Crippen LogP contribution is -2.33. The van der Waals surface area contributed by atoms with Gasteiger partial charge in [0.05, 0.1) is 17.5 Å². The molecule has 1 aliphatic carbocycles. The zero-order valence-corrected chi connectivity index (χ0v) is 16.7. The Bertz CT molecular complexity index is 677. The number of rotatable bonds is 9. The molecule has 2 atom stereocenters. The Hall–Kier alpha value is -1.82. The van der Waals surface area contributed by atoms with Crippen LogP contribution < -0.4 is 11.1 Å². The highest BCUT2D eigenvalue weighted by Gasteiger charge is 2.31. The maximum atomic E-state index is 12.6. The van der Waals surface area contributed by atoms with Gasteiger partial charge in [-0.1, -0.05) is 45.4 Å². The third-order valence-corrected chi connectivity index (χ3v) is 4.92. The molecule has 2 rings (SSSR count). The van der Waals surface area contributed by atoms with Crippen LogP contribution in [0.1, 0.15) is 45.6 Å². The minimum absolute atomic E-state index is 0.00393. The van der Waals surface area contributed by atoms with Crippen molar-refractivity contribution in [2.45, 2.75) is 52.7 Å². The molecule has 1 aromatic carbocycles. The van der Waals surface area contributed by atoms with Crippen molar-refractivity contribution in [2.75, 3.05) is 13.1 Å². The lowest BCUT2D eigenvalue weighted by molar-refractivity contribution is -0.118. The van der Waals surface area contributed by atoms with Gasteiger partial charge in [-0.25, -0.2) is 0 Å². The Balaban J connectivity index is 2.25. The van der Waals surface area contributed by atoms with Crippen molar-refractivity contribution < 1.29 is 9.90 Å². The number of hydrogen-bond acceptors (Lipinski definition) is 5. The average molecular weight is 372 g/mol. The quantitative estimate of drug-likeness (QED) is 0.460. The molecule has 2 unspecified atom stereocenters. The van der Waals surface area contributed by atoms with Crippen molar-refractivity contribution in [1.82, 2.24) is 5.32 Å². The first kappa shape index (κ1) is 21.5. The summed E-state index contributed by atoms with van der Waals surface area (Å²) in [5.74, 6) is 0.274. The molecule has 0 bridgehead atoms. The predicted molar refractivity (Wildman–Crippen MR) is 111 cm³/mol. The molecular weight excluding hydrogens is 338 g/mol. The van der Waals surface area contributed by atoms with E-state index in [0.29, 0.717) is 12.1 Å². The number of carbonyl (C=O) groups excluding carboxylic acids is 1. The summed E-state index contributed by atoms with van der Waals surface area (Å²) in [5.41, 5.74) is 9.03. The Morgan fingerprint density at radius 3 is 2.63 bits per heavy atom. The molecule has 0 aliphatic heterocycles. The number of nitrogens with one attached hydrogen (secondary N) is 1. The molecular formula is C22H33N3O2. The van der Waals surface area contributed by atoms with E-state index >= 15 is 0 Å². The van der Waals surface area contributed by atoms with Crippen molar-refractivity contribution in [1.29, 1.82) is 0 Å². The Labute approximate surface area is 162 Å². The second kappa shape index (κ2) is 10.5. The number of allylic oxidation sites excluding steroid dienone is 1. The second-order valence-electron chi connectivity index (χ2n) is 7.54. The van der Waals surface area contributed by atoms with E-state index in [-0.39, 0.29) is 24.0 Å². The molecule has 0 spiro atoms. The molecule has 0 amide bonds. The molecule has 0 heterocycles. The van der Waals surface area contributed by atoms with Crippen LogP contribution in [0.25, 0.3) is 0 Å². The van der Waals surface area contributed by atoms with Gasteiger partial charge in [0.1, 0.15) is 0 Å². The summed E-state index contributed by atoms with van der Waals surface area (Å²) in [6.07, 6.45) is 3.20. The molecule has 4 N–H and O–H groups in total. The second-order valence-corrected chi connectivity index (χ2v) is 7.54. The minimum Gasteiger partial charge on any atom is -0.392 e. The average Bonchev–Trinajstić information content (AvgIpc) is 2.63. The number of aliphatic imine (C=N–C) groups is 1. The van der Waals surface area contributed by atoms with Gasteiger partial charge in [-0.15, -0.1) is 0 Å². The lowest BCUT2D eigenvalue weighted by Gasteiger charge is -2.29. The van der Waals surface area contributed by atoms with E-state index < -0.39 is 6.10 Å². The molecule has 0 fully saturated rings. The fourth-order valence-electron chi connectivity index (χ4n) is 3.39. The van der Waals surface area contributed by atoms with Gasteiger partial charge in [-0.2, -0.15) is 0 Å². The lowest BCUT2D eigenvalue weighted by atomic mass is 9.79. The summed E-state index contributed by atoms with van der Waals surface area (Å²) in [5, 5.41) is 13.5. The summed E-state index contributed by atoms with van der Waals surface area (Å²) in [7, 11) is 0. The summed E-state index contributed by atoms with van der Waals surface area (Å²) in [4.78, 5) is 17.3. The zero-order chi connectivity index (χ0) is 19.8. The number of Topliss-reactive ketones (excluding diaryl/α,β-unsaturated/α-hetero) is 1. The summed E-state index contributed by atoms with van der Waals surface area (Å²) >= 11 is 0. The van der Waals surface area contributed by atoms with Crippen molar-refractivity contribution in [3.8, 4) is 0 Å². The van der Waals surface area contributed by atoms with Crippen molar-refractivity contribution in [3.63, 3.8) is 0 Å². The monoisotopic (exact) mass is 371 g/mol. The fraction of sp³-hybridized carbons (Fsp3) is 0.545.